The first-order valence-electron chi connectivity index (χ1n) is 5.42. The van der Waals surface area contributed by atoms with E-state index < -0.39 is 60.9 Å². The number of carbonyl (C=O) groups is 4. The lowest BCUT2D eigenvalue weighted by Gasteiger charge is -2.12. The number of Topliss-reactive ketones (excluding diaryl/α,β-unsaturated/α-hetero) is 2. The van der Waals surface area contributed by atoms with E-state index in [-0.39, 0.29) is 0 Å². The van der Waals surface area contributed by atoms with Crippen molar-refractivity contribution in [1.82, 2.24) is 0 Å². The number of nitrogens with two attached hydrogens (primary N) is 3. The van der Waals surface area contributed by atoms with Crippen LogP contribution in [0.4, 0.5) is 0 Å². The van der Waals surface area contributed by atoms with Gasteiger partial charge in [0, 0.05) is 19.3 Å². The zero-order chi connectivity index (χ0) is 15.2. The average molecular weight is 275 g/mol. The summed E-state index contributed by atoms with van der Waals surface area (Å²) in [4.78, 5) is 43.7. The van der Waals surface area contributed by atoms with Crippen LogP contribution in [0.3, 0.4) is 0 Å². The van der Waals surface area contributed by atoms with Crippen LogP contribution in [-0.4, -0.2) is 51.8 Å². The Morgan fingerprint density at radius 1 is 0.737 bits per heavy atom. The highest BCUT2D eigenvalue weighted by atomic mass is 16.4. The van der Waals surface area contributed by atoms with Gasteiger partial charge < -0.3 is 27.4 Å². The van der Waals surface area contributed by atoms with Crippen LogP contribution >= 0.6 is 0 Å². The van der Waals surface area contributed by atoms with E-state index in [2.05, 4.69) is 0 Å². The van der Waals surface area contributed by atoms with Crippen molar-refractivity contribution in [2.45, 2.75) is 37.4 Å². The van der Waals surface area contributed by atoms with Crippen LogP contribution in [0, 0.1) is 0 Å². The molecule has 9 nitrogen and oxygen atoms in total. The molecule has 0 aromatic heterocycles. The van der Waals surface area contributed by atoms with Gasteiger partial charge in [-0.3, -0.25) is 19.2 Å². The average Bonchev–Trinajstić information content (AvgIpc) is 2.27. The number of carbonyl (C=O) groups excluding carboxylic acids is 2. The highest BCUT2D eigenvalue weighted by Gasteiger charge is 2.24. The van der Waals surface area contributed by atoms with Gasteiger partial charge in [0.15, 0.2) is 5.78 Å². The van der Waals surface area contributed by atoms with Crippen LogP contribution in [0.1, 0.15) is 19.3 Å². The normalized spacial score (nSPS) is 15.3. The number of aliphatic carboxylic acids is 2. The van der Waals surface area contributed by atoms with Crippen molar-refractivity contribution >= 4 is 23.5 Å². The number of ketones is 2. The van der Waals surface area contributed by atoms with Crippen LogP contribution in [0.15, 0.2) is 0 Å². The first-order valence-corrected chi connectivity index (χ1v) is 5.42. The van der Waals surface area contributed by atoms with E-state index in [1.165, 1.54) is 0 Å². The molecule has 3 atom stereocenters. The Bertz CT molecular complexity index is 383. The first kappa shape index (κ1) is 17.2. The molecule has 0 aliphatic carbocycles. The fourth-order valence-corrected chi connectivity index (χ4v) is 1.23. The second kappa shape index (κ2) is 7.56. The molecule has 0 fully saturated rings. The first-order chi connectivity index (χ1) is 8.65. The van der Waals surface area contributed by atoms with E-state index in [1.807, 2.05) is 0 Å². The van der Waals surface area contributed by atoms with Crippen LogP contribution in [0.5, 0.6) is 0 Å². The van der Waals surface area contributed by atoms with Gasteiger partial charge in [-0.05, 0) is 0 Å². The second-order valence-electron chi connectivity index (χ2n) is 4.11. The summed E-state index contributed by atoms with van der Waals surface area (Å²) in [5.41, 5.74) is 15.7. The van der Waals surface area contributed by atoms with Crippen molar-refractivity contribution < 1.29 is 29.4 Å². The lowest BCUT2D eigenvalue weighted by atomic mass is 9.98. The van der Waals surface area contributed by atoms with Gasteiger partial charge in [0.2, 0.25) is 0 Å². The Hall–Kier alpha value is -1.84. The van der Waals surface area contributed by atoms with E-state index >= 15 is 0 Å². The van der Waals surface area contributed by atoms with E-state index in [4.69, 9.17) is 27.4 Å². The number of carboxylic acid groups (broad SMARTS) is 2. The molecule has 0 saturated heterocycles. The molecule has 0 bridgehead atoms. The van der Waals surface area contributed by atoms with Crippen LogP contribution in [-0.2, 0) is 19.2 Å². The second-order valence-corrected chi connectivity index (χ2v) is 4.11. The summed E-state index contributed by atoms with van der Waals surface area (Å²) in [5, 5.41) is 17.0. The Morgan fingerprint density at radius 3 is 1.53 bits per heavy atom. The Morgan fingerprint density at radius 2 is 1.11 bits per heavy atom. The summed E-state index contributed by atoms with van der Waals surface area (Å²) in [6.45, 7) is 0. The summed E-state index contributed by atoms with van der Waals surface area (Å²) in [7, 11) is 0. The number of hydrogen-bond acceptors (Lipinski definition) is 7. The lowest BCUT2D eigenvalue weighted by Crippen LogP contribution is -2.41. The SMILES string of the molecule is NC(CC(=O)CC(N)C(=O)CC(N)C(=O)O)C(=O)O. The maximum absolute atomic E-state index is 11.4. The molecule has 0 aromatic rings. The Kier molecular flexibility index (Phi) is 6.83. The summed E-state index contributed by atoms with van der Waals surface area (Å²) in [6, 6.07) is -3.94. The molecule has 0 rings (SSSR count). The molecule has 0 saturated carbocycles. The fraction of sp³-hybridized carbons (Fsp3) is 0.600. The summed E-state index contributed by atoms with van der Waals surface area (Å²) < 4.78 is 0. The zero-order valence-corrected chi connectivity index (χ0v) is 10.1. The molecule has 8 N–H and O–H groups in total. The van der Waals surface area contributed by atoms with Crippen molar-refractivity contribution in [3.05, 3.63) is 0 Å². The number of hydrogen-bond donors (Lipinski definition) is 5. The number of carboxylic acids is 2. The Labute approximate surface area is 108 Å². The predicted molar refractivity (Wildman–Crippen MR) is 63.1 cm³/mol. The molecule has 19 heavy (non-hydrogen) atoms. The molecule has 0 radical (unpaired) electrons. The predicted octanol–water partition coefficient (Wildman–Crippen LogP) is -2.55. The summed E-state index contributed by atoms with van der Waals surface area (Å²) >= 11 is 0. The third-order valence-electron chi connectivity index (χ3n) is 2.36. The lowest BCUT2D eigenvalue weighted by molar-refractivity contribution is -0.141. The molecule has 9 heteroatoms. The molecule has 0 amide bonds. The molecule has 0 aliphatic rings. The third kappa shape index (κ3) is 6.60. The van der Waals surface area contributed by atoms with Gasteiger partial charge in [-0.2, -0.15) is 0 Å². The van der Waals surface area contributed by atoms with Crippen molar-refractivity contribution in [3.63, 3.8) is 0 Å². The minimum atomic E-state index is -1.38. The largest absolute Gasteiger partial charge is 0.480 e. The van der Waals surface area contributed by atoms with Gasteiger partial charge in [-0.15, -0.1) is 0 Å². The minimum Gasteiger partial charge on any atom is -0.480 e. The maximum atomic E-state index is 11.4. The zero-order valence-electron chi connectivity index (χ0n) is 10.1. The molecule has 108 valence electrons. The highest BCUT2D eigenvalue weighted by Crippen LogP contribution is 2.02. The van der Waals surface area contributed by atoms with Crippen molar-refractivity contribution in [1.29, 1.82) is 0 Å². The topological polar surface area (TPSA) is 187 Å². The van der Waals surface area contributed by atoms with Gasteiger partial charge >= 0.3 is 11.9 Å². The third-order valence-corrected chi connectivity index (χ3v) is 2.36. The fourth-order valence-electron chi connectivity index (χ4n) is 1.23. The molecule has 0 aromatic carbocycles. The minimum absolute atomic E-state index is 0.397. The van der Waals surface area contributed by atoms with Gasteiger partial charge in [0.05, 0.1) is 6.04 Å². The van der Waals surface area contributed by atoms with E-state index in [9.17, 15) is 19.2 Å². The van der Waals surface area contributed by atoms with Crippen molar-refractivity contribution in [2.75, 3.05) is 0 Å². The highest BCUT2D eigenvalue weighted by molar-refractivity contribution is 5.94. The molecule has 3 unspecified atom stereocenters. The molecule has 0 aliphatic heterocycles. The van der Waals surface area contributed by atoms with Gasteiger partial charge in [0.1, 0.15) is 17.9 Å². The van der Waals surface area contributed by atoms with E-state index in [1.54, 1.807) is 0 Å². The quantitative estimate of drug-likeness (QED) is 0.301. The molecule has 0 spiro atoms. The maximum Gasteiger partial charge on any atom is 0.320 e. The van der Waals surface area contributed by atoms with Crippen LogP contribution < -0.4 is 17.2 Å². The summed E-state index contributed by atoms with van der Waals surface area (Å²) in [6.07, 6.45) is -1.33. The van der Waals surface area contributed by atoms with Gasteiger partial charge in [-0.25, -0.2) is 0 Å². The van der Waals surface area contributed by atoms with Crippen molar-refractivity contribution in [2.24, 2.45) is 17.2 Å². The van der Waals surface area contributed by atoms with Gasteiger partial charge in [0.25, 0.3) is 0 Å². The molecular weight excluding hydrogens is 258 g/mol. The smallest absolute Gasteiger partial charge is 0.320 e. The van der Waals surface area contributed by atoms with Crippen LogP contribution in [0.2, 0.25) is 0 Å². The van der Waals surface area contributed by atoms with E-state index in [0.29, 0.717) is 0 Å². The summed E-state index contributed by atoms with van der Waals surface area (Å²) in [5.74, 6) is -3.94. The number of rotatable bonds is 9. The monoisotopic (exact) mass is 275 g/mol. The van der Waals surface area contributed by atoms with Gasteiger partial charge in [-0.1, -0.05) is 0 Å². The van der Waals surface area contributed by atoms with Crippen molar-refractivity contribution in [3.8, 4) is 0 Å². The molecular formula is C10H17N3O6. The van der Waals surface area contributed by atoms with E-state index in [0.717, 1.165) is 0 Å². The Balaban J connectivity index is 4.26. The van der Waals surface area contributed by atoms with Crippen LogP contribution in [0.25, 0.3) is 0 Å². The molecule has 0 heterocycles. The standard InChI is InChI=1S/C10H17N3O6/c11-5(8(15)3-7(13)10(18)19)1-4(14)2-6(12)9(16)17/h5-7H,1-3,11-13H2,(H,16,17)(H,18,19).